The summed E-state index contributed by atoms with van der Waals surface area (Å²) in [6.45, 7) is 0.254. The topological polar surface area (TPSA) is 52.3 Å². The van der Waals surface area contributed by atoms with Gasteiger partial charge < -0.3 is 9.15 Å². The Labute approximate surface area is 105 Å². The van der Waals surface area contributed by atoms with E-state index >= 15 is 0 Å². The number of Topliss-reactive ketones (excluding diaryl/α,β-unsaturated/α-hetero) is 1. The molecule has 1 aromatic carbocycles. The second kappa shape index (κ2) is 4.64. The van der Waals surface area contributed by atoms with Gasteiger partial charge in [-0.25, -0.2) is 4.98 Å². The van der Waals surface area contributed by atoms with E-state index in [0.29, 0.717) is 18.1 Å². The highest BCUT2D eigenvalue weighted by Gasteiger charge is 2.24. The van der Waals surface area contributed by atoms with Crippen molar-refractivity contribution in [3.8, 4) is 5.75 Å². The average Bonchev–Trinajstić information content (AvgIpc) is 2.82. The third-order valence-corrected chi connectivity index (χ3v) is 2.92. The van der Waals surface area contributed by atoms with Gasteiger partial charge in [-0.3, -0.25) is 4.79 Å². The van der Waals surface area contributed by atoms with Gasteiger partial charge in [-0.05, 0) is 25.0 Å². The smallest absolute Gasteiger partial charge is 0.233 e. The molecule has 18 heavy (non-hydrogen) atoms. The molecule has 1 aliphatic carbocycles. The van der Waals surface area contributed by atoms with Crippen molar-refractivity contribution in [2.45, 2.75) is 25.9 Å². The van der Waals surface area contributed by atoms with E-state index in [4.69, 9.17) is 9.15 Å². The Bertz CT molecular complexity index is 560. The predicted molar refractivity (Wildman–Crippen MR) is 64.5 cm³/mol. The van der Waals surface area contributed by atoms with E-state index in [0.717, 1.165) is 24.3 Å². The summed E-state index contributed by atoms with van der Waals surface area (Å²) in [4.78, 5) is 15.9. The van der Waals surface area contributed by atoms with Crippen molar-refractivity contribution in [1.29, 1.82) is 0 Å². The molecular weight excluding hydrogens is 230 g/mol. The molecule has 0 radical (unpaired) electrons. The van der Waals surface area contributed by atoms with Gasteiger partial charge in [0.25, 0.3) is 0 Å². The van der Waals surface area contributed by atoms with Gasteiger partial charge in [-0.2, -0.15) is 0 Å². The Hall–Kier alpha value is -2.10. The number of aromatic nitrogens is 1. The minimum Gasteiger partial charge on any atom is -0.484 e. The third-order valence-electron chi connectivity index (χ3n) is 2.92. The molecule has 4 nitrogen and oxygen atoms in total. The second-order valence-electron chi connectivity index (χ2n) is 4.26. The number of hydrogen-bond acceptors (Lipinski definition) is 4. The monoisotopic (exact) mass is 243 g/mol. The van der Waals surface area contributed by atoms with Crippen LogP contribution in [-0.2, 0) is 13.0 Å². The molecule has 0 saturated carbocycles. The van der Waals surface area contributed by atoms with Gasteiger partial charge >= 0.3 is 0 Å². The molecule has 2 aromatic rings. The lowest BCUT2D eigenvalue weighted by atomic mass is 10.0. The van der Waals surface area contributed by atoms with Gasteiger partial charge in [0.15, 0.2) is 18.2 Å². The Kier molecular flexibility index (Phi) is 2.84. The summed E-state index contributed by atoms with van der Waals surface area (Å²) < 4.78 is 11.0. The fraction of sp³-hybridized carbons (Fsp3) is 0.286. The first-order valence-electron chi connectivity index (χ1n) is 6.02. The molecule has 0 bridgehead atoms. The minimum atomic E-state index is 0.0507. The first kappa shape index (κ1) is 11.0. The molecule has 1 aliphatic rings. The largest absolute Gasteiger partial charge is 0.484 e. The molecule has 0 amide bonds. The van der Waals surface area contributed by atoms with Gasteiger partial charge in [0.05, 0.1) is 5.69 Å². The van der Waals surface area contributed by atoms with Gasteiger partial charge in [0, 0.05) is 6.42 Å². The van der Waals surface area contributed by atoms with Crippen LogP contribution in [0.4, 0.5) is 0 Å². The second-order valence-corrected chi connectivity index (χ2v) is 4.26. The standard InChI is InChI=1S/C14H13NO3/c16-12-8-4-7-11-14(12)18-13(15-11)9-17-10-5-2-1-3-6-10/h1-3,5-6H,4,7-9H2. The zero-order valence-electron chi connectivity index (χ0n) is 9.89. The molecule has 0 spiro atoms. The molecular formula is C14H13NO3. The van der Waals surface area contributed by atoms with Crippen molar-refractivity contribution in [1.82, 2.24) is 4.98 Å². The molecule has 3 rings (SSSR count). The predicted octanol–water partition coefficient (Wildman–Crippen LogP) is 2.77. The Morgan fingerprint density at radius 3 is 2.83 bits per heavy atom. The van der Waals surface area contributed by atoms with Crippen LogP contribution in [0.1, 0.15) is 35.0 Å². The summed E-state index contributed by atoms with van der Waals surface area (Å²) in [6, 6.07) is 9.47. The maximum atomic E-state index is 11.6. The summed E-state index contributed by atoms with van der Waals surface area (Å²) in [7, 11) is 0. The van der Waals surface area contributed by atoms with E-state index in [1.807, 2.05) is 30.3 Å². The highest BCUT2D eigenvalue weighted by molar-refractivity contribution is 5.95. The van der Waals surface area contributed by atoms with Gasteiger partial charge in [0.2, 0.25) is 5.89 Å². The van der Waals surface area contributed by atoms with Crippen LogP contribution in [0.5, 0.6) is 5.75 Å². The van der Waals surface area contributed by atoms with Crippen LogP contribution in [-0.4, -0.2) is 10.8 Å². The SMILES string of the molecule is O=C1CCCc2nc(COc3ccccc3)oc21. The molecule has 0 fully saturated rings. The number of para-hydroxylation sites is 1. The molecule has 0 atom stereocenters. The summed E-state index contributed by atoms with van der Waals surface area (Å²) >= 11 is 0. The summed E-state index contributed by atoms with van der Waals surface area (Å²) in [5, 5.41) is 0. The lowest BCUT2D eigenvalue weighted by Crippen LogP contribution is -2.08. The fourth-order valence-corrected chi connectivity index (χ4v) is 2.04. The number of rotatable bonds is 3. The number of ketones is 1. The van der Waals surface area contributed by atoms with Crippen molar-refractivity contribution in [3.05, 3.63) is 47.7 Å². The van der Waals surface area contributed by atoms with Crippen LogP contribution in [0.25, 0.3) is 0 Å². The number of oxazole rings is 1. The zero-order chi connectivity index (χ0) is 12.4. The Morgan fingerprint density at radius 1 is 1.22 bits per heavy atom. The number of carbonyl (C=O) groups is 1. The van der Waals surface area contributed by atoms with Crippen LogP contribution in [0.15, 0.2) is 34.7 Å². The summed E-state index contributed by atoms with van der Waals surface area (Å²) in [6.07, 6.45) is 2.23. The van der Waals surface area contributed by atoms with Crippen LogP contribution in [0, 0.1) is 0 Å². The number of aryl methyl sites for hydroxylation is 1. The highest BCUT2D eigenvalue weighted by Crippen LogP contribution is 2.22. The fourth-order valence-electron chi connectivity index (χ4n) is 2.04. The van der Waals surface area contributed by atoms with Crippen LogP contribution < -0.4 is 4.74 Å². The highest BCUT2D eigenvalue weighted by atomic mass is 16.5. The number of fused-ring (bicyclic) bond motifs is 1. The first-order valence-corrected chi connectivity index (χ1v) is 6.02. The summed E-state index contributed by atoms with van der Waals surface area (Å²) in [5.41, 5.74) is 0.776. The van der Waals surface area contributed by atoms with E-state index in [1.54, 1.807) is 0 Å². The normalized spacial score (nSPS) is 14.3. The number of benzene rings is 1. The number of carbonyl (C=O) groups excluding carboxylic acids is 1. The van der Waals surface area contributed by atoms with Crippen LogP contribution in [0.3, 0.4) is 0 Å². The number of nitrogens with zero attached hydrogens (tertiary/aromatic N) is 1. The minimum absolute atomic E-state index is 0.0507. The summed E-state index contributed by atoms with van der Waals surface area (Å²) in [5.74, 6) is 1.71. The van der Waals surface area contributed by atoms with E-state index in [2.05, 4.69) is 4.98 Å². The Morgan fingerprint density at radius 2 is 2.06 bits per heavy atom. The average molecular weight is 243 g/mol. The molecule has 0 saturated heterocycles. The molecule has 92 valence electrons. The van der Waals surface area contributed by atoms with E-state index in [-0.39, 0.29) is 12.4 Å². The number of hydrogen-bond donors (Lipinski definition) is 0. The van der Waals surface area contributed by atoms with E-state index in [1.165, 1.54) is 0 Å². The van der Waals surface area contributed by atoms with Crippen molar-refractivity contribution in [3.63, 3.8) is 0 Å². The molecule has 0 unspecified atom stereocenters. The molecule has 0 N–H and O–H groups in total. The number of ether oxygens (including phenoxy) is 1. The van der Waals surface area contributed by atoms with E-state index in [9.17, 15) is 4.79 Å². The molecule has 0 aliphatic heterocycles. The first-order chi connectivity index (χ1) is 8.83. The maximum Gasteiger partial charge on any atom is 0.233 e. The Balaban J connectivity index is 1.72. The van der Waals surface area contributed by atoms with Crippen LogP contribution >= 0.6 is 0 Å². The zero-order valence-corrected chi connectivity index (χ0v) is 9.89. The molecule has 1 aromatic heterocycles. The van der Waals surface area contributed by atoms with Crippen molar-refractivity contribution >= 4 is 5.78 Å². The molecule has 4 heteroatoms. The van der Waals surface area contributed by atoms with Crippen molar-refractivity contribution in [2.75, 3.05) is 0 Å². The van der Waals surface area contributed by atoms with Crippen molar-refractivity contribution in [2.24, 2.45) is 0 Å². The van der Waals surface area contributed by atoms with Gasteiger partial charge in [-0.1, -0.05) is 18.2 Å². The molecule has 1 heterocycles. The quantitative estimate of drug-likeness (QED) is 0.831. The van der Waals surface area contributed by atoms with Gasteiger partial charge in [0.1, 0.15) is 5.75 Å². The van der Waals surface area contributed by atoms with Crippen LogP contribution in [0.2, 0.25) is 0 Å². The van der Waals surface area contributed by atoms with Gasteiger partial charge in [-0.15, -0.1) is 0 Å². The van der Waals surface area contributed by atoms with Crippen molar-refractivity contribution < 1.29 is 13.9 Å². The lowest BCUT2D eigenvalue weighted by Gasteiger charge is -2.04. The maximum absolute atomic E-state index is 11.6. The lowest BCUT2D eigenvalue weighted by molar-refractivity contribution is 0.0940. The third kappa shape index (κ3) is 2.14. The van der Waals surface area contributed by atoms with E-state index < -0.39 is 0 Å².